The average Bonchev–Trinajstić information content (AvgIpc) is 2.40. The predicted octanol–water partition coefficient (Wildman–Crippen LogP) is 3.13. The molecule has 0 bridgehead atoms. The molecule has 0 N–H and O–H groups in total. The first kappa shape index (κ1) is 13.6. The monoisotopic (exact) mass is 311 g/mol. The molecule has 98 valence electrons. The van der Waals surface area contributed by atoms with Crippen molar-refractivity contribution < 1.29 is 9.53 Å². The van der Waals surface area contributed by atoms with Gasteiger partial charge in [0.2, 0.25) is 0 Å². The van der Waals surface area contributed by atoms with E-state index in [2.05, 4.69) is 20.8 Å². The van der Waals surface area contributed by atoms with Gasteiger partial charge in [-0.2, -0.15) is 0 Å². The van der Waals surface area contributed by atoms with E-state index in [9.17, 15) is 4.79 Å². The van der Waals surface area contributed by atoms with Crippen molar-refractivity contribution in [3.05, 3.63) is 28.2 Å². The van der Waals surface area contributed by atoms with E-state index in [4.69, 9.17) is 4.74 Å². The predicted molar refractivity (Wildman–Crippen MR) is 75.3 cm³/mol. The molecule has 4 heteroatoms. The Morgan fingerprint density at radius 3 is 2.78 bits per heavy atom. The maximum atomic E-state index is 10.9. The number of hydrogen-bond acceptors (Lipinski definition) is 3. The first-order valence-electron chi connectivity index (χ1n) is 6.39. The van der Waals surface area contributed by atoms with Gasteiger partial charge in [0.15, 0.2) is 6.29 Å². The Kier molecular flexibility index (Phi) is 5.20. The molecular weight excluding hydrogens is 294 g/mol. The minimum Gasteiger partial charge on any atom is -0.491 e. The lowest BCUT2D eigenvalue weighted by atomic mass is 10.1. The van der Waals surface area contributed by atoms with Crippen LogP contribution in [0.4, 0.5) is 0 Å². The molecule has 1 aromatic rings. The SMILES string of the molecule is O=Cc1ccc(Br)cc1OCCN1CCCCC1. The van der Waals surface area contributed by atoms with Gasteiger partial charge in [0.25, 0.3) is 0 Å². The van der Waals surface area contributed by atoms with Crippen LogP contribution in [0.5, 0.6) is 5.75 Å². The van der Waals surface area contributed by atoms with Crippen LogP contribution in [0.2, 0.25) is 0 Å². The topological polar surface area (TPSA) is 29.5 Å². The summed E-state index contributed by atoms with van der Waals surface area (Å²) < 4.78 is 6.64. The van der Waals surface area contributed by atoms with Crippen LogP contribution in [-0.2, 0) is 0 Å². The molecule has 1 aromatic carbocycles. The van der Waals surface area contributed by atoms with Crippen LogP contribution >= 0.6 is 15.9 Å². The molecule has 1 aliphatic rings. The van der Waals surface area contributed by atoms with Crippen molar-refractivity contribution >= 4 is 22.2 Å². The second-order valence-corrected chi connectivity index (χ2v) is 5.47. The van der Waals surface area contributed by atoms with Crippen molar-refractivity contribution in [2.75, 3.05) is 26.2 Å². The minimum atomic E-state index is 0.608. The highest BCUT2D eigenvalue weighted by atomic mass is 79.9. The molecule has 0 aromatic heterocycles. The lowest BCUT2D eigenvalue weighted by molar-refractivity contribution is 0.111. The molecule has 0 spiro atoms. The molecule has 1 heterocycles. The number of rotatable bonds is 5. The third kappa shape index (κ3) is 3.82. The molecule has 0 unspecified atom stereocenters. The Balaban J connectivity index is 1.85. The number of aldehydes is 1. The van der Waals surface area contributed by atoms with Crippen LogP contribution in [0.15, 0.2) is 22.7 Å². The highest BCUT2D eigenvalue weighted by molar-refractivity contribution is 9.10. The lowest BCUT2D eigenvalue weighted by Gasteiger charge is -2.26. The Labute approximate surface area is 116 Å². The van der Waals surface area contributed by atoms with Crippen molar-refractivity contribution in [1.29, 1.82) is 0 Å². The van der Waals surface area contributed by atoms with E-state index in [-0.39, 0.29) is 0 Å². The summed E-state index contributed by atoms with van der Waals surface area (Å²) in [5, 5.41) is 0. The van der Waals surface area contributed by atoms with E-state index in [1.807, 2.05) is 12.1 Å². The summed E-state index contributed by atoms with van der Waals surface area (Å²) in [6, 6.07) is 5.47. The van der Waals surface area contributed by atoms with E-state index < -0.39 is 0 Å². The highest BCUT2D eigenvalue weighted by Crippen LogP contribution is 2.22. The summed E-state index contributed by atoms with van der Waals surface area (Å²) in [4.78, 5) is 13.3. The molecule has 3 nitrogen and oxygen atoms in total. The Hall–Kier alpha value is -0.870. The number of carbonyl (C=O) groups is 1. The maximum absolute atomic E-state index is 10.9. The molecule has 1 saturated heterocycles. The number of ether oxygens (including phenoxy) is 1. The molecule has 1 fully saturated rings. The van der Waals surface area contributed by atoms with Crippen LogP contribution in [-0.4, -0.2) is 37.4 Å². The summed E-state index contributed by atoms with van der Waals surface area (Å²) in [7, 11) is 0. The number of benzene rings is 1. The Morgan fingerprint density at radius 1 is 1.28 bits per heavy atom. The first-order valence-corrected chi connectivity index (χ1v) is 7.19. The van der Waals surface area contributed by atoms with Crippen molar-refractivity contribution in [3.63, 3.8) is 0 Å². The maximum Gasteiger partial charge on any atom is 0.153 e. The third-order valence-electron chi connectivity index (χ3n) is 3.22. The molecular formula is C14H18BrNO2. The Bertz CT molecular complexity index is 403. The molecule has 2 rings (SSSR count). The summed E-state index contributed by atoms with van der Waals surface area (Å²) in [5.41, 5.74) is 0.608. The van der Waals surface area contributed by atoms with E-state index in [1.54, 1.807) is 6.07 Å². The minimum absolute atomic E-state index is 0.608. The zero-order chi connectivity index (χ0) is 12.8. The number of hydrogen-bond donors (Lipinski definition) is 0. The average molecular weight is 312 g/mol. The van der Waals surface area contributed by atoms with Gasteiger partial charge in [0, 0.05) is 11.0 Å². The quantitative estimate of drug-likeness (QED) is 0.782. The number of nitrogens with zero attached hydrogens (tertiary/aromatic N) is 1. The zero-order valence-electron chi connectivity index (χ0n) is 10.4. The van der Waals surface area contributed by atoms with Gasteiger partial charge in [-0.25, -0.2) is 0 Å². The second kappa shape index (κ2) is 6.90. The number of carbonyl (C=O) groups excluding carboxylic acids is 1. The van der Waals surface area contributed by atoms with Gasteiger partial charge >= 0.3 is 0 Å². The fourth-order valence-electron chi connectivity index (χ4n) is 2.20. The van der Waals surface area contributed by atoms with E-state index in [0.29, 0.717) is 17.9 Å². The number of likely N-dealkylation sites (tertiary alicyclic amines) is 1. The summed E-state index contributed by atoms with van der Waals surface area (Å²) >= 11 is 3.39. The van der Waals surface area contributed by atoms with Crippen molar-refractivity contribution in [3.8, 4) is 5.75 Å². The van der Waals surface area contributed by atoms with Crippen LogP contribution < -0.4 is 4.74 Å². The molecule has 0 radical (unpaired) electrons. The van der Waals surface area contributed by atoms with E-state index >= 15 is 0 Å². The largest absolute Gasteiger partial charge is 0.491 e. The Morgan fingerprint density at radius 2 is 2.06 bits per heavy atom. The van der Waals surface area contributed by atoms with Gasteiger partial charge in [-0.1, -0.05) is 22.4 Å². The standard InChI is InChI=1S/C14H18BrNO2/c15-13-5-4-12(11-17)14(10-13)18-9-8-16-6-2-1-3-7-16/h4-5,10-11H,1-3,6-9H2. The fraction of sp³-hybridized carbons (Fsp3) is 0.500. The van der Waals surface area contributed by atoms with Crippen LogP contribution in [0, 0.1) is 0 Å². The summed E-state index contributed by atoms with van der Waals surface area (Å²) in [6.07, 6.45) is 4.76. The van der Waals surface area contributed by atoms with Crippen LogP contribution in [0.3, 0.4) is 0 Å². The van der Waals surface area contributed by atoms with Gasteiger partial charge in [-0.05, 0) is 44.1 Å². The number of halogens is 1. The van der Waals surface area contributed by atoms with Crippen LogP contribution in [0.25, 0.3) is 0 Å². The zero-order valence-corrected chi connectivity index (χ0v) is 12.0. The first-order chi connectivity index (χ1) is 8.79. The fourth-order valence-corrected chi connectivity index (χ4v) is 2.54. The van der Waals surface area contributed by atoms with E-state index in [1.165, 1.54) is 32.4 Å². The summed E-state index contributed by atoms with van der Waals surface area (Å²) in [6.45, 7) is 3.91. The second-order valence-electron chi connectivity index (χ2n) is 4.55. The highest BCUT2D eigenvalue weighted by Gasteiger charge is 2.10. The molecule has 0 amide bonds. The van der Waals surface area contributed by atoms with Crippen molar-refractivity contribution in [2.24, 2.45) is 0 Å². The van der Waals surface area contributed by atoms with Crippen LogP contribution in [0.1, 0.15) is 29.6 Å². The van der Waals surface area contributed by atoms with Gasteiger partial charge < -0.3 is 4.74 Å². The normalized spacial score (nSPS) is 16.5. The van der Waals surface area contributed by atoms with Gasteiger partial charge in [0.05, 0.1) is 5.56 Å². The smallest absolute Gasteiger partial charge is 0.153 e. The molecule has 0 aliphatic carbocycles. The summed E-state index contributed by atoms with van der Waals surface area (Å²) in [5.74, 6) is 0.663. The van der Waals surface area contributed by atoms with Gasteiger partial charge in [-0.3, -0.25) is 9.69 Å². The molecule has 18 heavy (non-hydrogen) atoms. The number of piperidine rings is 1. The van der Waals surface area contributed by atoms with Crippen molar-refractivity contribution in [2.45, 2.75) is 19.3 Å². The molecule has 1 aliphatic heterocycles. The van der Waals surface area contributed by atoms with Crippen molar-refractivity contribution in [1.82, 2.24) is 4.90 Å². The molecule has 0 saturated carbocycles. The van der Waals surface area contributed by atoms with E-state index in [0.717, 1.165) is 17.3 Å². The van der Waals surface area contributed by atoms with Gasteiger partial charge in [0.1, 0.15) is 12.4 Å². The third-order valence-corrected chi connectivity index (χ3v) is 3.71. The van der Waals surface area contributed by atoms with Gasteiger partial charge in [-0.15, -0.1) is 0 Å². The molecule has 0 atom stereocenters. The lowest BCUT2D eigenvalue weighted by Crippen LogP contribution is -2.33.